The third-order valence-corrected chi connectivity index (χ3v) is 6.24. The number of ether oxygens (including phenoxy) is 1. The maximum absolute atomic E-state index is 11.7. The Labute approximate surface area is 110 Å². The van der Waals surface area contributed by atoms with Crippen molar-refractivity contribution < 1.29 is 13.2 Å². The summed E-state index contributed by atoms with van der Waals surface area (Å²) in [5, 5.41) is 0. The molecule has 2 aliphatic heterocycles. The van der Waals surface area contributed by atoms with Crippen molar-refractivity contribution in [1.29, 1.82) is 0 Å². The average Bonchev–Trinajstić information content (AvgIpc) is 2.68. The van der Waals surface area contributed by atoms with E-state index < -0.39 is 9.84 Å². The Balaban J connectivity index is 1.99. The van der Waals surface area contributed by atoms with Gasteiger partial charge in [0.2, 0.25) is 0 Å². The lowest BCUT2D eigenvalue weighted by Gasteiger charge is -2.43. The van der Waals surface area contributed by atoms with Gasteiger partial charge in [0.15, 0.2) is 9.84 Å². The third-order valence-electron chi connectivity index (χ3n) is 4.43. The van der Waals surface area contributed by atoms with E-state index in [-0.39, 0.29) is 11.3 Å². The molecule has 2 N–H and O–H groups in total. The molecule has 0 amide bonds. The second-order valence-corrected chi connectivity index (χ2v) is 7.84. The van der Waals surface area contributed by atoms with Crippen LogP contribution in [-0.2, 0) is 14.6 Å². The van der Waals surface area contributed by atoms with E-state index >= 15 is 0 Å². The molecular weight excluding hydrogens is 252 g/mol. The van der Waals surface area contributed by atoms with E-state index in [2.05, 4.69) is 4.90 Å². The molecular formula is C12H24N2O3S. The van der Waals surface area contributed by atoms with Crippen LogP contribution in [0.2, 0.25) is 0 Å². The summed E-state index contributed by atoms with van der Waals surface area (Å²) >= 11 is 0. The number of sulfone groups is 1. The number of methoxy groups -OCH3 is 1. The minimum Gasteiger partial charge on any atom is -0.384 e. The maximum atomic E-state index is 11.7. The molecule has 0 aromatic heterocycles. The molecule has 0 aromatic rings. The van der Waals surface area contributed by atoms with Crippen LogP contribution in [0.25, 0.3) is 0 Å². The molecule has 5 nitrogen and oxygen atoms in total. The summed E-state index contributed by atoms with van der Waals surface area (Å²) in [6.45, 7) is 3.14. The summed E-state index contributed by atoms with van der Waals surface area (Å²) in [6, 6.07) is 0. The van der Waals surface area contributed by atoms with Crippen LogP contribution in [-0.4, -0.2) is 63.7 Å². The summed E-state index contributed by atoms with van der Waals surface area (Å²) in [4.78, 5) is 2.31. The largest absolute Gasteiger partial charge is 0.384 e. The van der Waals surface area contributed by atoms with E-state index in [0.29, 0.717) is 24.6 Å². The number of likely N-dealkylation sites (tertiary alicyclic amines) is 1. The van der Waals surface area contributed by atoms with Crippen molar-refractivity contribution in [2.24, 2.45) is 11.7 Å². The van der Waals surface area contributed by atoms with Gasteiger partial charge in [-0.05, 0) is 38.3 Å². The fourth-order valence-corrected chi connectivity index (χ4v) is 5.35. The van der Waals surface area contributed by atoms with E-state index in [4.69, 9.17) is 10.5 Å². The third kappa shape index (κ3) is 2.87. The number of hydrogen-bond acceptors (Lipinski definition) is 5. The number of rotatable bonds is 4. The first-order chi connectivity index (χ1) is 8.51. The van der Waals surface area contributed by atoms with Gasteiger partial charge in [0.25, 0.3) is 0 Å². The van der Waals surface area contributed by atoms with Crippen LogP contribution in [0.4, 0.5) is 0 Å². The van der Waals surface area contributed by atoms with Gasteiger partial charge in [0, 0.05) is 25.8 Å². The zero-order chi connectivity index (χ0) is 13.2. The molecule has 0 spiro atoms. The van der Waals surface area contributed by atoms with E-state index in [1.807, 2.05) is 0 Å². The normalized spacial score (nSPS) is 33.9. The molecule has 0 aliphatic carbocycles. The lowest BCUT2D eigenvalue weighted by Crippen LogP contribution is -2.57. The van der Waals surface area contributed by atoms with E-state index in [0.717, 1.165) is 32.5 Å². The predicted molar refractivity (Wildman–Crippen MR) is 71.2 cm³/mol. The lowest BCUT2D eigenvalue weighted by atomic mass is 9.90. The van der Waals surface area contributed by atoms with Crippen molar-refractivity contribution in [2.75, 3.05) is 44.9 Å². The Kier molecular flexibility index (Phi) is 4.31. The van der Waals surface area contributed by atoms with E-state index in [9.17, 15) is 8.42 Å². The lowest BCUT2D eigenvalue weighted by molar-refractivity contribution is 0.0459. The molecule has 2 rings (SSSR count). The Hall–Kier alpha value is -0.170. The summed E-state index contributed by atoms with van der Waals surface area (Å²) in [5.74, 6) is 1.15. The molecule has 2 saturated heterocycles. The van der Waals surface area contributed by atoms with Crippen LogP contribution in [0, 0.1) is 5.92 Å². The molecule has 6 heteroatoms. The highest BCUT2D eigenvalue weighted by atomic mass is 32.2. The van der Waals surface area contributed by atoms with Crippen molar-refractivity contribution in [3.63, 3.8) is 0 Å². The van der Waals surface area contributed by atoms with Gasteiger partial charge < -0.3 is 10.5 Å². The van der Waals surface area contributed by atoms with Gasteiger partial charge in [0.1, 0.15) is 0 Å². The average molecular weight is 276 g/mol. The molecule has 2 fully saturated rings. The highest BCUT2D eigenvalue weighted by Crippen LogP contribution is 2.32. The fourth-order valence-electron chi connectivity index (χ4n) is 3.25. The molecule has 18 heavy (non-hydrogen) atoms. The second kappa shape index (κ2) is 5.45. The highest BCUT2D eigenvalue weighted by molar-refractivity contribution is 7.91. The Morgan fingerprint density at radius 1 is 1.39 bits per heavy atom. The monoisotopic (exact) mass is 276 g/mol. The fraction of sp³-hybridized carbons (Fsp3) is 1.00. The number of nitrogens with two attached hydrogens (primary N) is 1. The molecule has 1 atom stereocenters. The first kappa shape index (κ1) is 14.2. The van der Waals surface area contributed by atoms with Crippen molar-refractivity contribution in [1.82, 2.24) is 4.90 Å². The Morgan fingerprint density at radius 2 is 2.06 bits per heavy atom. The molecule has 106 valence electrons. The topological polar surface area (TPSA) is 72.6 Å². The van der Waals surface area contributed by atoms with Gasteiger partial charge in [-0.1, -0.05) is 0 Å². The van der Waals surface area contributed by atoms with Gasteiger partial charge >= 0.3 is 0 Å². The number of nitrogens with zero attached hydrogens (tertiary/aromatic N) is 1. The van der Waals surface area contributed by atoms with Crippen LogP contribution in [0.15, 0.2) is 0 Å². The van der Waals surface area contributed by atoms with E-state index in [1.165, 1.54) is 0 Å². The minimum absolute atomic E-state index is 0.242. The van der Waals surface area contributed by atoms with Crippen LogP contribution >= 0.6 is 0 Å². The van der Waals surface area contributed by atoms with Crippen molar-refractivity contribution in [3.8, 4) is 0 Å². The van der Waals surface area contributed by atoms with Crippen molar-refractivity contribution in [2.45, 2.75) is 24.8 Å². The van der Waals surface area contributed by atoms with Gasteiger partial charge in [-0.25, -0.2) is 8.42 Å². The summed E-state index contributed by atoms with van der Waals surface area (Å²) in [7, 11) is -1.15. The highest BCUT2D eigenvalue weighted by Gasteiger charge is 2.46. The quantitative estimate of drug-likeness (QED) is 0.774. The molecule has 0 bridgehead atoms. The van der Waals surface area contributed by atoms with Gasteiger partial charge in [-0.2, -0.15) is 0 Å². The molecule has 0 radical (unpaired) electrons. The van der Waals surface area contributed by atoms with Crippen LogP contribution in [0.3, 0.4) is 0 Å². The second-order valence-electron chi connectivity index (χ2n) is 5.66. The maximum Gasteiger partial charge on any atom is 0.152 e. The molecule has 0 aromatic carbocycles. The summed E-state index contributed by atoms with van der Waals surface area (Å²) < 4.78 is 28.6. The smallest absolute Gasteiger partial charge is 0.152 e. The Morgan fingerprint density at radius 3 is 2.50 bits per heavy atom. The molecule has 2 heterocycles. The number of hydrogen-bond donors (Lipinski definition) is 1. The SMILES string of the molecule is COCC1CCN(C2(CN)CCS(=O)(=O)C2)CC1. The standard InChI is InChI=1S/C12H24N2O3S/c1-17-8-11-2-5-14(6-3-11)12(9-13)4-7-18(15,16)10-12/h11H,2-10,13H2,1H3. The van der Waals surface area contributed by atoms with Crippen LogP contribution < -0.4 is 5.73 Å². The first-order valence-electron chi connectivity index (χ1n) is 6.66. The molecule has 0 saturated carbocycles. The van der Waals surface area contributed by atoms with Crippen LogP contribution in [0.1, 0.15) is 19.3 Å². The number of piperidine rings is 1. The summed E-state index contributed by atoms with van der Waals surface area (Å²) in [5.41, 5.74) is 5.59. The zero-order valence-corrected chi connectivity index (χ0v) is 11.9. The molecule has 1 unspecified atom stereocenters. The predicted octanol–water partition coefficient (Wildman–Crippen LogP) is -0.139. The Bertz CT molecular complexity index is 377. The van der Waals surface area contributed by atoms with E-state index in [1.54, 1.807) is 7.11 Å². The van der Waals surface area contributed by atoms with Gasteiger partial charge in [0.05, 0.1) is 11.5 Å². The van der Waals surface area contributed by atoms with Gasteiger partial charge in [-0.3, -0.25) is 4.90 Å². The van der Waals surface area contributed by atoms with Gasteiger partial charge in [-0.15, -0.1) is 0 Å². The van der Waals surface area contributed by atoms with Crippen molar-refractivity contribution >= 4 is 9.84 Å². The zero-order valence-electron chi connectivity index (χ0n) is 11.1. The minimum atomic E-state index is -2.89. The van der Waals surface area contributed by atoms with Crippen molar-refractivity contribution in [3.05, 3.63) is 0 Å². The molecule has 2 aliphatic rings. The first-order valence-corrected chi connectivity index (χ1v) is 8.48. The summed E-state index contributed by atoms with van der Waals surface area (Å²) in [6.07, 6.45) is 2.85. The van der Waals surface area contributed by atoms with Crippen LogP contribution in [0.5, 0.6) is 0 Å².